The number of rotatable bonds is 3. The summed E-state index contributed by atoms with van der Waals surface area (Å²) in [5.41, 5.74) is 2.31. The van der Waals surface area contributed by atoms with Gasteiger partial charge in [0.05, 0.1) is 0 Å². The zero-order valence-electron chi connectivity index (χ0n) is 10.2. The molecule has 1 N–H and O–H groups in total. The van der Waals surface area contributed by atoms with Crippen molar-refractivity contribution in [3.63, 3.8) is 0 Å². The molecule has 0 amide bonds. The maximum Gasteiger partial charge on any atom is 0.328 e. The van der Waals surface area contributed by atoms with E-state index in [1.807, 2.05) is 24.3 Å². The molecule has 1 saturated carbocycles. The fourth-order valence-electron chi connectivity index (χ4n) is 2.60. The van der Waals surface area contributed by atoms with E-state index in [-0.39, 0.29) is 0 Å². The second-order valence-corrected chi connectivity index (χ2v) is 5.27. The minimum atomic E-state index is -0.826. The molecule has 1 aliphatic rings. The van der Waals surface area contributed by atoms with E-state index in [2.05, 4.69) is 0 Å². The van der Waals surface area contributed by atoms with Gasteiger partial charge in [-0.25, -0.2) is 4.79 Å². The van der Waals surface area contributed by atoms with Gasteiger partial charge in [0.15, 0.2) is 0 Å². The summed E-state index contributed by atoms with van der Waals surface area (Å²) in [7, 11) is 0. The Bertz CT molecular complexity index is 448. The third-order valence-electron chi connectivity index (χ3n) is 3.50. The Morgan fingerprint density at radius 1 is 1.33 bits per heavy atom. The number of benzene rings is 1. The molecule has 0 aromatic heterocycles. The molecule has 1 fully saturated rings. The second-order valence-electron chi connectivity index (χ2n) is 4.83. The Morgan fingerprint density at radius 2 is 2.06 bits per heavy atom. The van der Waals surface area contributed by atoms with Gasteiger partial charge in [0.1, 0.15) is 0 Å². The summed E-state index contributed by atoms with van der Waals surface area (Å²) < 4.78 is 0. The highest BCUT2D eigenvalue weighted by Crippen LogP contribution is 2.32. The summed E-state index contributed by atoms with van der Waals surface area (Å²) in [5, 5.41) is 9.63. The third-order valence-corrected chi connectivity index (χ3v) is 3.75. The number of aliphatic carboxylic acids is 1. The molecular weight excluding hydrogens is 248 g/mol. The van der Waals surface area contributed by atoms with Crippen molar-refractivity contribution in [2.45, 2.75) is 32.1 Å². The van der Waals surface area contributed by atoms with Gasteiger partial charge in [-0.2, -0.15) is 0 Å². The number of carbonyl (C=O) groups is 1. The van der Waals surface area contributed by atoms with Crippen molar-refractivity contribution >= 4 is 17.6 Å². The summed E-state index contributed by atoms with van der Waals surface area (Å²) >= 11 is 5.86. The maximum atomic E-state index is 10.8. The molecule has 1 aromatic rings. The molecule has 18 heavy (non-hydrogen) atoms. The van der Waals surface area contributed by atoms with Crippen molar-refractivity contribution in [3.8, 4) is 0 Å². The van der Waals surface area contributed by atoms with Crippen molar-refractivity contribution in [1.29, 1.82) is 0 Å². The molecule has 1 aliphatic carbocycles. The molecule has 1 unspecified atom stereocenters. The van der Waals surface area contributed by atoms with Crippen LogP contribution < -0.4 is 0 Å². The molecule has 0 radical (unpaired) electrons. The predicted molar refractivity (Wildman–Crippen MR) is 72.8 cm³/mol. The van der Waals surface area contributed by atoms with Crippen LogP contribution in [0.25, 0.3) is 0 Å². The van der Waals surface area contributed by atoms with Gasteiger partial charge in [-0.15, -0.1) is 0 Å². The fourth-order valence-corrected chi connectivity index (χ4v) is 2.72. The second kappa shape index (κ2) is 6.05. The van der Waals surface area contributed by atoms with Crippen LogP contribution in [-0.4, -0.2) is 11.1 Å². The van der Waals surface area contributed by atoms with E-state index in [9.17, 15) is 4.79 Å². The van der Waals surface area contributed by atoms with Crippen LogP contribution in [0.2, 0.25) is 5.02 Å². The number of hydrogen-bond acceptors (Lipinski definition) is 1. The van der Waals surface area contributed by atoms with Crippen molar-refractivity contribution < 1.29 is 9.90 Å². The van der Waals surface area contributed by atoms with E-state index in [0.29, 0.717) is 5.92 Å². The molecule has 1 atom stereocenters. The Labute approximate surface area is 112 Å². The molecular formula is C15H17ClO2. The van der Waals surface area contributed by atoms with Gasteiger partial charge in [0.25, 0.3) is 0 Å². The number of carboxylic acid groups (broad SMARTS) is 1. The standard InChI is InChI=1S/C15H17ClO2/c16-14-7-5-11(6-8-14)9-12-3-1-2-4-13(12)10-15(17)18/h5-8,10,12H,1-4,9H2,(H,17,18)/b13-10+. The summed E-state index contributed by atoms with van der Waals surface area (Å²) in [5.74, 6) is -0.455. The first-order valence-corrected chi connectivity index (χ1v) is 6.71. The number of carboxylic acids is 1. The van der Waals surface area contributed by atoms with Crippen molar-refractivity contribution in [1.82, 2.24) is 0 Å². The highest BCUT2D eigenvalue weighted by Gasteiger charge is 2.20. The Kier molecular flexibility index (Phi) is 4.43. The Morgan fingerprint density at radius 3 is 2.72 bits per heavy atom. The average Bonchev–Trinajstić information content (AvgIpc) is 2.34. The van der Waals surface area contributed by atoms with Crippen LogP contribution in [0, 0.1) is 5.92 Å². The minimum absolute atomic E-state index is 0.371. The minimum Gasteiger partial charge on any atom is -0.478 e. The molecule has 3 heteroatoms. The topological polar surface area (TPSA) is 37.3 Å². The Hall–Kier alpha value is -1.28. The molecule has 0 bridgehead atoms. The van der Waals surface area contributed by atoms with Gasteiger partial charge in [0, 0.05) is 11.1 Å². The normalized spacial score (nSPS) is 22.1. The molecule has 0 spiro atoms. The van der Waals surface area contributed by atoms with Crippen LogP contribution in [0.5, 0.6) is 0 Å². The van der Waals surface area contributed by atoms with Gasteiger partial charge in [-0.05, 0) is 49.3 Å². The van der Waals surface area contributed by atoms with Crippen LogP contribution in [0.3, 0.4) is 0 Å². The van der Waals surface area contributed by atoms with Gasteiger partial charge >= 0.3 is 5.97 Å². The maximum absolute atomic E-state index is 10.8. The van der Waals surface area contributed by atoms with Crippen molar-refractivity contribution in [2.75, 3.05) is 0 Å². The largest absolute Gasteiger partial charge is 0.478 e. The number of allylic oxidation sites excluding steroid dienone is 1. The van der Waals surface area contributed by atoms with E-state index in [1.54, 1.807) is 0 Å². The summed E-state index contributed by atoms with van der Waals surface area (Å²) in [4.78, 5) is 10.8. The molecule has 0 saturated heterocycles. The van der Waals surface area contributed by atoms with E-state index < -0.39 is 5.97 Å². The van der Waals surface area contributed by atoms with Crippen LogP contribution in [-0.2, 0) is 11.2 Å². The van der Waals surface area contributed by atoms with Gasteiger partial charge < -0.3 is 5.11 Å². The van der Waals surface area contributed by atoms with Gasteiger partial charge in [-0.3, -0.25) is 0 Å². The molecule has 0 heterocycles. The van der Waals surface area contributed by atoms with Gasteiger partial charge in [-0.1, -0.05) is 35.7 Å². The van der Waals surface area contributed by atoms with Crippen molar-refractivity contribution in [3.05, 3.63) is 46.5 Å². The Balaban J connectivity index is 2.10. The van der Waals surface area contributed by atoms with E-state index in [1.165, 1.54) is 18.1 Å². The SMILES string of the molecule is O=C(O)/C=C1\CCCCC1Cc1ccc(Cl)cc1. The molecule has 1 aromatic carbocycles. The lowest BCUT2D eigenvalue weighted by Crippen LogP contribution is -2.14. The van der Waals surface area contributed by atoms with Gasteiger partial charge in [0.2, 0.25) is 0 Å². The number of hydrogen-bond donors (Lipinski definition) is 1. The third kappa shape index (κ3) is 3.61. The fraction of sp³-hybridized carbons (Fsp3) is 0.400. The molecule has 2 nitrogen and oxygen atoms in total. The van der Waals surface area contributed by atoms with E-state index >= 15 is 0 Å². The zero-order valence-corrected chi connectivity index (χ0v) is 11.0. The molecule has 96 valence electrons. The quantitative estimate of drug-likeness (QED) is 0.835. The summed E-state index contributed by atoms with van der Waals surface area (Å²) in [6, 6.07) is 7.82. The van der Waals surface area contributed by atoms with E-state index in [0.717, 1.165) is 36.3 Å². The lowest BCUT2D eigenvalue weighted by Gasteiger charge is -2.25. The van der Waals surface area contributed by atoms with Crippen molar-refractivity contribution in [2.24, 2.45) is 5.92 Å². The molecule has 2 rings (SSSR count). The predicted octanol–water partition coefficient (Wildman–Crippen LogP) is 4.08. The lowest BCUT2D eigenvalue weighted by molar-refractivity contribution is -0.131. The first-order valence-electron chi connectivity index (χ1n) is 6.33. The first kappa shape index (κ1) is 13.2. The number of halogens is 1. The average molecular weight is 265 g/mol. The van der Waals surface area contributed by atoms with Crippen LogP contribution >= 0.6 is 11.6 Å². The molecule has 0 aliphatic heterocycles. The highest BCUT2D eigenvalue weighted by atomic mass is 35.5. The van der Waals surface area contributed by atoms with E-state index in [4.69, 9.17) is 16.7 Å². The highest BCUT2D eigenvalue weighted by molar-refractivity contribution is 6.30. The van der Waals surface area contributed by atoms with Crippen LogP contribution in [0.4, 0.5) is 0 Å². The van der Waals surface area contributed by atoms with Crippen LogP contribution in [0.15, 0.2) is 35.9 Å². The first-order chi connectivity index (χ1) is 8.65. The monoisotopic (exact) mass is 264 g/mol. The summed E-state index contributed by atoms with van der Waals surface area (Å²) in [6.45, 7) is 0. The smallest absolute Gasteiger partial charge is 0.328 e. The zero-order chi connectivity index (χ0) is 13.0. The summed E-state index contributed by atoms with van der Waals surface area (Å²) in [6.07, 6.45) is 6.62. The van der Waals surface area contributed by atoms with Crippen LogP contribution in [0.1, 0.15) is 31.2 Å². The lowest BCUT2D eigenvalue weighted by atomic mass is 9.80.